The number of hydrogen-bond donors (Lipinski definition) is 1. The summed E-state index contributed by atoms with van der Waals surface area (Å²) < 4.78 is 7.12. The number of fused-ring (bicyclic) bond motifs is 2. The second-order valence-electron chi connectivity index (χ2n) is 6.17. The number of hydrogen-bond acceptors (Lipinski definition) is 3. The fraction of sp³-hybridized carbons (Fsp3) is 0.500. The van der Waals surface area contributed by atoms with Gasteiger partial charge < -0.3 is 14.6 Å². The van der Waals surface area contributed by atoms with E-state index in [9.17, 15) is 9.59 Å². The summed E-state index contributed by atoms with van der Waals surface area (Å²) >= 11 is 0. The molecule has 1 amide bonds. The molecule has 4 rings (SSSR count). The number of ether oxygens (including phenoxy) is 1. The maximum atomic E-state index is 12.7. The molecule has 0 unspecified atom stereocenters. The van der Waals surface area contributed by atoms with E-state index in [0.717, 1.165) is 37.3 Å². The lowest BCUT2D eigenvalue weighted by Gasteiger charge is -2.17. The number of carbonyl (C=O) groups is 1. The van der Waals surface area contributed by atoms with E-state index in [2.05, 4.69) is 4.98 Å². The number of aromatic nitrogens is 2. The Kier molecular flexibility index (Phi) is 3.07. The molecule has 1 N–H and O–H groups in total. The lowest BCUT2D eigenvalue weighted by Crippen LogP contribution is -2.30. The van der Waals surface area contributed by atoms with Gasteiger partial charge in [0, 0.05) is 37.0 Å². The van der Waals surface area contributed by atoms with Crippen molar-refractivity contribution >= 4 is 16.9 Å². The fourth-order valence-electron chi connectivity index (χ4n) is 3.65. The van der Waals surface area contributed by atoms with E-state index in [1.807, 2.05) is 24.0 Å². The molecule has 2 fully saturated rings. The van der Waals surface area contributed by atoms with Crippen LogP contribution in [-0.2, 0) is 11.3 Å². The highest BCUT2D eigenvalue weighted by Gasteiger charge is 2.39. The molecular weight excluding hydrogens is 282 g/mol. The van der Waals surface area contributed by atoms with Crippen LogP contribution in [0.15, 0.2) is 23.0 Å². The maximum absolute atomic E-state index is 12.7. The van der Waals surface area contributed by atoms with Gasteiger partial charge in [-0.05, 0) is 25.1 Å². The summed E-state index contributed by atoms with van der Waals surface area (Å²) in [5, 5.41) is 0. The van der Waals surface area contributed by atoms with Crippen molar-refractivity contribution < 1.29 is 9.53 Å². The number of imidazole rings is 1. The van der Waals surface area contributed by atoms with Gasteiger partial charge in [0.25, 0.3) is 5.91 Å². The Balaban J connectivity index is 1.64. The van der Waals surface area contributed by atoms with E-state index >= 15 is 0 Å². The lowest BCUT2D eigenvalue weighted by atomic mass is 10.0. The third-order valence-electron chi connectivity index (χ3n) is 4.86. The van der Waals surface area contributed by atoms with Gasteiger partial charge in [-0.3, -0.25) is 9.36 Å². The molecule has 2 aliphatic heterocycles. The topological polar surface area (TPSA) is 67.3 Å². The van der Waals surface area contributed by atoms with E-state index in [4.69, 9.17) is 4.74 Å². The molecule has 2 aliphatic rings. The standard InChI is InChI=1S/C16H19N3O3/c1-2-19-14-4-3-10(5-13(14)17-16(19)21)15(20)18-6-11-8-22-9-12(11)7-18/h3-5,11-12H,2,6-9H2,1H3,(H,17,21)/t11-,12+. The van der Waals surface area contributed by atoms with Crippen molar-refractivity contribution in [3.63, 3.8) is 0 Å². The summed E-state index contributed by atoms with van der Waals surface area (Å²) in [4.78, 5) is 29.2. The second-order valence-corrected chi connectivity index (χ2v) is 6.17. The average molecular weight is 301 g/mol. The van der Waals surface area contributed by atoms with Crippen molar-refractivity contribution in [2.24, 2.45) is 11.8 Å². The van der Waals surface area contributed by atoms with Crippen molar-refractivity contribution in [2.45, 2.75) is 13.5 Å². The van der Waals surface area contributed by atoms with E-state index in [1.165, 1.54) is 0 Å². The number of benzene rings is 1. The molecule has 0 saturated carbocycles. The molecule has 0 spiro atoms. The molecule has 0 bridgehead atoms. The SMILES string of the molecule is CCn1c(=O)[nH]c2cc(C(=O)N3C[C@H]4COC[C@H]4C3)ccc21. The molecule has 3 heterocycles. The van der Waals surface area contributed by atoms with Gasteiger partial charge in [-0.15, -0.1) is 0 Å². The molecule has 0 radical (unpaired) electrons. The zero-order valence-electron chi connectivity index (χ0n) is 12.5. The number of carbonyl (C=O) groups excluding carboxylic acids is 1. The number of amides is 1. The summed E-state index contributed by atoms with van der Waals surface area (Å²) in [6.07, 6.45) is 0. The smallest absolute Gasteiger partial charge is 0.326 e. The van der Waals surface area contributed by atoms with Crippen molar-refractivity contribution in [1.29, 1.82) is 0 Å². The van der Waals surface area contributed by atoms with Gasteiger partial charge in [-0.2, -0.15) is 0 Å². The zero-order chi connectivity index (χ0) is 15.3. The number of H-pyrrole nitrogens is 1. The summed E-state index contributed by atoms with van der Waals surface area (Å²) in [7, 11) is 0. The number of nitrogens with zero attached hydrogens (tertiary/aromatic N) is 2. The molecule has 6 heteroatoms. The van der Waals surface area contributed by atoms with Gasteiger partial charge in [-0.1, -0.05) is 0 Å². The van der Waals surface area contributed by atoms with Crippen molar-refractivity contribution in [2.75, 3.05) is 26.3 Å². The molecule has 1 aromatic carbocycles. The van der Waals surface area contributed by atoms with Gasteiger partial charge in [-0.25, -0.2) is 4.79 Å². The first-order chi connectivity index (χ1) is 10.7. The molecule has 0 aliphatic carbocycles. The predicted octanol–water partition coefficient (Wildman–Crippen LogP) is 1.07. The number of rotatable bonds is 2. The fourth-order valence-corrected chi connectivity index (χ4v) is 3.65. The Morgan fingerprint density at radius 1 is 1.32 bits per heavy atom. The van der Waals surface area contributed by atoms with Crippen LogP contribution >= 0.6 is 0 Å². The van der Waals surface area contributed by atoms with Crippen LogP contribution in [0.5, 0.6) is 0 Å². The van der Waals surface area contributed by atoms with Gasteiger partial charge in [0.1, 0.15) is 0 Å². The van der Waals surface area contributed by atoms with Gasteiger partial charge in [0.2, 0.25) is 0 Å². The molecular formula is C16H19N3O3. The second kappa shape index (κ2) is 4.98. The summed E-state index contributed by atoms with van der Waals surface area (Å²) in [5.41, 5.74) is 2.07. The largest absolute Gasteiger partial charge is 0.381 e. The van der Waals surface area contributed by atoms with E-state index in [1.54, 1.807) is 10.6 Å². The van der Waals surface area contributed by atoms with Crippen LogP contribution in [-0.4, -0.2) is 46.7 Å². The minimum absolute atomic E-state index is 0.0430. The molecule has 2 atom stereocenters. The van der Waals surface area contributed by atoms with Crippen LogP contribution in [0.4, 0.5) is 0 Å². The van der Waals surface area contributed by atoms with E-state index in [-0.39, 0.29) is 11.6 Å². The highest BCUT2D eigenvalue weighted by Crippen LogP contribution is 2.30. The number of nitrogens with one attached hydrogen (secondary N) is 1. The average Bonchev–Trinajstić information content (AvgIpc) is 3.17. The Morgan fingerprint density at radius 3 is 2.73 bits per heavy atom. The minimum Gasteiger partial charge on any atom is -0.381 e. The van der Waals surface area contributed by atoms with Crippen molar-refractivity contribution in [1.82, 2.24) is 14.5 Å². The Hall–Kier alpha value is -2.08. The van der Waals surface area contributed by atoms with Crippen LogP contribution in [0.3, 0.4) is 0 Å². The molecule has 1 aromatic heterocycles. The maximum Gasteiger partial charge on any atom is 0.326 e. The van der Waals surface area contributed by atoms with E-state index < -0.39 is 0 Å². The van der Waals surface area contributed by atoms with Gasteiger partial charge >= 0.3 is 5.69 Å². The Labute approximate surface area is 127 Å². The zero-order valence-corrected chi connectivity index (χ0v) is 12.5. The third-order valence-corrected chi connectivity index (χ3v) is 4.86. The van der Waals surface area contributed by atoms with Crippen LogP contribution < -0.4 is 5.69 Å². The molecule has 2 aromatic rings. The molecule has 6 nitrogen and oxygen atoms in total. The van der Waals surface area contributed by atoms with Gasteiger partial charge in [0.05, 0.1) is 24.2 Å². The monoisotopic (exact) mass is 301 g/mol. The van der Waals surface area contributed by atoms with Crippen molar-refractivity contribution in [3.05, 3.63) is 34.2 Å². The van der Waals surface area contributed by atoms with Crippen LogP contribution in [0.1, 0.15) is 17.3 Å². The summed E-state index contributed by atoms with van der Waals surface area (Å²) in [5.74, 6) is 1.00. The van der Waals surface area contributed by atoms with Crippen molar-refractivity contribution in [3.8, 4) is 0 Å². The normalized spacial score (nSPS) is 24.1. The first kappa shape index (κ1) is 13.6. The van der Waals surface area contributed by atoms with Crippen LogP contribution in [0, 0.1) is 11.8 Å². The number of aryl methyl sites for hydroxylation is 1. The molecule has 2 saturated heterocycles. The number of aromatic amines is 1. The summed E-state index contributed by atoms with van der Waals surface area (Å²) in [6.45, 7) is 5.61. The predicted molar refractivity (Wildman–Crippen MR) is 81.9 cm³/mol. The van der Waals surface area contributed by atoms with Crippen LogP contribution in [0.2, 0.25) is 0 Å². The Morgan fingerprint density at radius 2 is 2.05 bits per heavy atom. The number of likely N-dealkylation sites (tertiary alicyclic amines) is 1. The van der Waals surface area contributed by atoms with Crippen LogP contribution in [0.25, 0.3) is 11.0 Å². The third kappa shape index (κ3) is 1.98. The van der Waals surface area contributed by atoms with Gasteiger partial charge in [0.15, 0.2) is 0 Å². The van der Waals surface area contributed by atoms with E-state index in [0.29, 0.717) is 23.9 Å². The first-order valence-corrected chi connectivity index (χ1v) is 7.77. The first-order valence-electron chi connectivity index (χ1n) is 7.77. The molecule has 116 valence electrons. The lowest BCUT2D eigenvalue weighted by molar-refractivity contribution is 0.0751. The summed E-state index contributed by atoms with van der Waals surface area (Å²) in [6, 6.07) is 5.45. The highest BCUT2D eigenvalue weighted by atomic mass is 16.5. The minimum atomic E-state index is -0.130. The Bertz CT molecular complexity index is 780. The quantitative estimate of drug-likeness (QED) is 0.902. The highest BCUT2D eigenvalue weighted by molar-refractivity contribution is 5.97. The molecule has 22 heavy (non-hydrogen) atoms.